The number of methoxy groups -OCH3 is 1. The fourth-order valence-electron chi connectivity index (χ4n) is 7.22. The van der Waals surface area contributed by atoms with Crippen LogP contribution in [0.4, 0.5) is 5.82 Å². The third-order valence-corrected chi connectivity index (χ3v) is 11.0. The minimum absolute atomic E-state index is 0.167. The van der Waals surface area contributed by atoms with Gasteiger partial charge >= 0.3 is 5.97 Å². The number of hydrogen-bond donors (Lipinski definition) is 0. The van der Waals surface area contributed by atoms with Crippen LogP contribution in [-0.2, 0) is 77.5 Å². The van der Waals surface area contributed by atoms with Crippen LogP contribution in [0.2, 0.25) is 5.02 Å². The first-order chi connectivity index (χ1) is 33.1. The molecule has 2 saturated heterocycles. The molecule has 18 nitrogen and oxygen atoms in total. The molecule has 2 atom stereocenters. The molecule has 1 aromatic carbocycles. The normalized spacial score (nSPS) is 17.1. The topological polar surface area (TPSA) is 166 Å². The molecular formula is C48H78ClN3O15. The molecule has 2 aliphatic rings. The Bertz CT molecular complexity index is 1450. The first kappa shape index (κ1) is 57.0. The number of benzene rings is 1. The number of rotatable bonds is 42. The molecule has 2 aliphatic heterocycles. The quantitative estimate of drug-likeness (QED) is 0.0697. The molecule has 0 radical (unpaired) electrons. The van der Waals surface area contributed by atoms with Gasteiger partial charge in [0, 0.05) is 50.0 Å². The smallest absolute Gasteiger partial charge is 0.308 e. The van der Waals surface area contributed by atoms with E-state index in [0.29, 0.717) is 165 Å². The van der Waals surface area contributed by atoms with Crippen molar-refractivity contribution in [1.29, 1.82) is 0 Å². The van der Waals surface area contributed by atoms with Crippen molar-refractivity contribution in [2.24, 2.45) is 0 Å². The van der Waals surface area contributed by atoms with E-state index >= 15 is 0 Å². The van der Waals surface area contributed by atoms with Crippen molar-refractivity contribution in [3.8, 4) is 0 Å². The fourth-order valence-corrected chi connectivity index (χ4v) is 7.35. The van der Waals surface area contributed by atoms with Crippen LogP contribution in [0.15, 0.2) is 48.7 Å². The second-order valence-electron chi connectivity index (χ2n) is 15.7. The molecule has 4 rings (SSSR count). The van der Waals surface area contributed by atoms with Crippen LogP contribution in [-0.4, -0.2) is 226 Å². The molecule has 0 amide bonds. The second-order valence-corrected chi connectivity index (χ2v) is 16.1. The number of esters is 1. The molecule has 19 heteroatoms. The van der Waals surface area contributed by atoms with Gasteiger partial charge < -0.3 is 71.2 Å². The van der Waals surface area contributed by atoms with E-state index in [1.165, 1.54) is 5.56 Å². The number of carbonyl (C=O) groups is 1. The number of morpholine rings is 1. The minimum Gasteiger partial charge on any atom is -0.463 e. The van der Waals surface area contributed by atoms with E-state index in [-0.39, 0.29) is 37.7 Å². The molecule has 2 aromatic rings. The molecule has 0 unspecified atom stereocenters. The first-order valence-electron chi connectivity index (χ1n) is 23.9. The van der Waals surface area contributed by atoms with Crippen LogP contribution < -0.4 is 4.90 Å². The van der Waals surface area contributed by atoms with Crippen LogP contribution in [0.25, 0.3) is 0 Å². The minimum atomic E-state index is -0.302. The first-order valence-corrected chi connectivity index (χ1v) is 24.3. The predicted molar refractivity (Wildman–Crippen MR) is 251 cm³/mol. The molecule has 2 fully saturated rings. The molecular weight excluding hydrogens is 894 g/mol. The summed E-state index contributed by atoms with van der Waals surface area (Å²) in [5.74, 6) is 0.721. The van der Waals surface area contributed by atoms with Crippen molar-refractivity contribution in [3.63, 3.8) is 0 Å². The zero-order valence-corrected chi connectivity index (χ0v) is 40.6. The van der Waals surface area contributed by atoms with E-state index in [4.69, 9.17) is 77.9 Å². The predicted octanol–water partition coefficient (Wildman–Crippen LogP) is 3.78. The lowest BCUT2D eigenvalue weighted by molar-refractivity contribution is -0.155. The van der Waals surface area contributed by atoms with Gasteiger partial charge in [0.1, 0.15) is 18.5 Å². The van der Waals surface area contributed by atoms with Gasteiger partial charge in [-0.05, 0) is 49.1 Å². The average molecular weight is 973 g/mol. The van der Waals surface area contributed by atoms with Crippen molar-refractivity contribution in [2.75, 3.05) is 197 Å². The number of pyridine rings is 1. The Morgan fingerprint density at radius 2 is 1.06 bits per heavy atom. The summed E-state index contributed by atoms with van der Waals surface area (Å²) in [5.41, 5.74) is 1.23. The average Bonchev–Trinajstić information content (AvgIpc) is 3.36. The van der Waals surface area contributed by atoms with Gasteiger partial charge in [-0.2, -0.15) is 0 Å². The zero-order chi connectivity index (χ0) is 47.1. The van der Waals surface area contributed by atoms with Crippen molar-refractivity contribution in [1.82, 2.24) is 9.88 Å². The molecule has 0 N–H and O–H groups in total. The lowest BCUT2D eigenvalue weighted by Gasteiger charge is -2.46. The Morgan fingerprint density at radius 3 is 1.49 bits per heavy atom. The van der Waals surface area contributed by atoms with E-state index in [9.17, 15) is 4.79 Å². The lowest BCUT2D eigenvalue weighted by Crippen LogP contribution is -2.58. The molecule has 0 spiro atoms. The number of halogens is 1. The highest BCUT2D eigenvalue weighted by Gasteiger charge is 2.36. The third-order valence-electron chi connectivity index (χ3n) is 10.7. The summed E-state index contributed by atoms with van der Waals surface area (Å²) >= 11 is 6.16. The summed E-state index contributed by atoms with van der Waals surface area (Å²) in [6.45, 7) is 14.5. The summed E-state index contributed by atoms with van der Waals surface area (Å²) < 4.78 is 77.3. The monoisotopic (exact) mass is 972 g/mol. The van der Waals surface area contributed by atoms with E-state index in [1.54, 1.807) is 7.11 Å². The van der Waals surface area contributed by atoms with Crippen LogP contribution in [0.5, 0.6) is 0 Å². The van der Waals surface area contributed by atoms with Crippen molar-refractivity contribution < 1.29 is 71.1 Å². The molecule has 0 saturated carbocycles. The summed E-state index contributed by atoms with van der Waals surface area (Å²) in [6, 6.07) is 14.7. The Kier molecular flexibility index (Phi) is 33.3. The Labute approximate surface area is 403 Å². The number of aromatic nitrogens is 1. The molecule has 67 heavy (non-hydrogen) atoms. The Morgan fingerprint density at radius 1 is 0.612 bits per heavy atom. The highest BCUT2D eigenvalue weighted by molar-refractivity contribution is 6.30. The van der Waals surface area contributed by atoms with E-state index in [2.05, 4.69) is 33.0 Å². The van der Waals surface area contributed by atoms with E-state index in [0.717, 1.165) is 43.2 Å². The molecule has 0 bridgehead atoms. The summed E-state index contributed by atoms with van der Waals surface area (Å²) in [6.07, 6.45) is 4.74. The van der Waals surface area contributed by atoms with Gasteiger partial charge in [0.05, 0.1) is 165 Å². The molecule has 0 aliphatic carbocycles. The van der Waals surface area contributed by atoms with E-state index < -0.39 is 0 Å². The summed E-state index contributed by atoms with van der Waals surface area (Å²) in [4.78, 5) is 22.1. The SMILES string of the molecule is COCCOCCOCCOCCOCCOCCOCCOCCOCCOCCOCCOCCC(=O)OC[C@H]1CN(C2CCN(c3ccccn3)CC2)[C@@H](Cc2ccc(Cl)cc2)CO1. The Balaban J connectivity index is 0.866. The second kappa shape index (κ2) is 39.1. The number of hydrogen-bond acceptors (Lipinski definition) is 18. The maximum Gasteiger partial charge on any atom is 0.308 e. The summed E-state index contributed by atoms with van der Waals surface area (Å²) in [7, 11) is 1.64. The maximum atomic E-state index is 12.6. The third kappa shape index (κ3) is 28.0. The van der Waals surface area contributed by atoms with E-state index in [1.807, 2.05) is 30.5 Å². The van der Waals surface area contributed by atoms with Crippen molar-refractivity contribution >= 4 is 23.4 Å². The van der Waals surface area contributed by atoms with Gasteiger partial charge in [0.15, 0.2) is 0 Å². The highest BCUT2D eigenvalue weighted by atomic mass is 35.5. The van der Waals surface area contributed by atoms with Crippen LogP contribution >= 0.6 is 11.6 Å². The number of ether oxygens (including phenoxy) is 14. The van der Waals surface area contributed by atoms with Crippen LogP contribution in [0.1, 0.15) is 24.8 Å². The van der Waals surface area contributed by atoms with Crippen LogP contribution in [0, 0.1) is 0 Å². The lowest BCUT2D eigenvalue weighted by atomic mass is 9.96. The van der Waals surface area contributed by atoms with Gasteiger partial charge in [0.25, 0.3) is 0 Å². The molecule has 1 aromatic heterocycles. The van der Waals surface area contributed by atoms with Gasteiger partial charge in [-0.1, -0.05) is 29.8 Å². The molecule has 3 heterocycles. The standard InChI is InChI=1S/C48H78ClN3O15/c1-54-16-17-56-20-21-58-24-25-60-28-29-62-32-33-64-36-37-65-35-34-63-31-30-61-27-26-59-23-22-57-19-18-55-15-11-48(53)67-41-46-39-52(45(40-66-46)38-42-5-7-43(49)8-6-42)44-9-13-51(14-10-44)47-4-2-3-12-50-47/h2-8,12,44-46H,9-11,13-41H2,1H3/t45-,46+/m0/s1. The van der Waals surface area contributed by atoms with Gasteiger partial charge in [-0.25, -0.2) is 4.98 Å². The number of anilines is 1. The maximum absolute atomic E-state index is 12.6. The molecule has 382 valence electrons. The number of nitrogens with zero attached hydrogens (tertiary/aromatic N) is 3. The van der Waals surface area contributed by atoms with Gasteiger partial charge in [0.2, 0.25) is 0 Å². The number of carbonyl (C=O) groups excluding carboxylic acids is 1. The number of piperidine rings is 1. The fraction of sp³-hybridized carbons (Fsp3) is 0.750. The highest BCUT2D eigenvalue weighted by Crippen LogP contribution is 2.27. The van der Waals surface area contributed by atoms with Crippen LogP contribution in [0.3, 0.4) is 0 Å². The van der Waals surface area contributed by atoms with Crippen molar-refractivity contribution in [3.05, 3.63) is 59.2 Å². The Hall–Kier alpha value is -2.63. The largest absolute Gasteiger partial charge is 0.463 e. The zero-order valence-electron chi connectivity index (χ0n) is 39.8. The van der Waals surface area contributed by atoms with Gasteiger partial charge in [-0.3, -0.25) is 9.69 Å². The summed E-state index contributed by atoms with van der Waals surface area (Å²) in [5, 5.41) is 0.730. The van der Waals surface area contributed by atoms with Gasteiger partial charge in [-0.15, -0.1) is 0 Å². The van der Waals surface area contributed by atoms with Crippen molar-refractivity contribution in [2.45, 2.75) is 43.9 Å².